The van der Waals surface area contributed by atoms with Crippen LogP contribution in [0.2, 0.25) is 0 Å². The number of rotatable bonds is 5. The monoisotopic (exact) mass is 474 g/mol. The third-order valence-electron chi connectivity index (χ3n) is 5.90. The Morgan fingerprint density at radius 1 is 0.743 bits per heavy atom. The zero-order valence-corrected chi connectivity index (χ0v) is 20.1. The lowest BCUT2D eigenvalue weighted by molar-refractivity contribution is 0.957. The standard InChI is InChI=1S/C28H22N6S/c1-18-23(20-12-6-3-7-13-20)33-34-26(18)30-24(27(34)32-31-22-16-10-5-11-17-22)25-19(2)29-28(35-25)21-14-8-4-9-15-21/h3-17,33H,1-2H3. The number of hydrogen-bond donors (Lipinski definition) is 1. The number of fused-ring (bicyclic) bond motifs is 1. The number of nitrogens with zero attached hydrogens (tertiary/aromatic N) is 5. The second-order valence-electron chi connectivity index (χ2n) is 8.26. The Morgan fingerprint density at radius 3 is 2.06 bits per heavy atom. The Hall–Kier alpha value is -4.36. The van der Waals surface area contributed by atoms with Crippen molar-refractivity contribution in [2.24, 2.45) is 10.2 Å². The fourth-order valence-corrected chi connectivity index (χ4v) is 5.18. The van der Waals surface area contributed by atoms with Crippen LogP contribution in [0.25, 0.3) is 38.0 Å². The van der Waals surface area contributed by atoms with Crippen LogP contribution >= 0.6 is 11.3 Å². The molecular weight excluding hydrogens is 452 g/mol. The van der Waals surface area contributed by atoms with Crippen LogP contribution in [0.4, 0.5) is 11.5 Å². The first-order valence-electron chi connectivity index (χ1n) is 11.4. The molecule has 0 saturated heterocycles. The van der Waals surface area contributed by atoms with E-state index in [1.165, 1.54) is 0 Å². The maximum absolute atomic E-state index is 5.06. The molecule has 0 spiro atoms. The molecule has 3 heterocycles. The minimum absolute atomic E-state index is 0.653. The van der Waals surface area contributed by atoms with Gasteiger partial charge in [-0.15, -0.1) is 21.6 Å². The van der Waals surface area contributed by atoms with Crippen molar-refractivity contribution in [2.45, 2.75) is 13.8 Å². The van der Waals surface area contributed by atoms with Crippen LogP contribution < -0.4 is 0 Å². The van der Waals surface area contributed by atoms with Crippen molar-refractivity contribution in [2.75, 3.05) is 0 Å². The Labute approximate surface area is 206 Å². The normalized spacial score (nSPS) is 11.6. The molecule has 0 bridgehead atoms. The summed E-state index contributed by atoms with van der Waals surface area (Å²) in [5, 5.41) is 13.7. The van der Waals surface area contributed by atoms with Gasteiger partial charge in [-0.1, -0.05) is 78.9 Å². The van der Waals surface area contributed by atoms with E-state index in [2.05, 4.69) is 46.5 Å². The maximum atomic E-state index is 5.06. The number of aromatic nitrogens is 4. The van der Waals surface area contributed by atoms with E-state index in [9.17, 15) is 0 Å². The number of aryl methyl sites for hydroxylation is 2. The van der Waals surface area contributed by atoms with E-state index in [1.807, 2.05) is 78.2 Å². The van der Waals surface area contributed by atoms with Gasteiger partial charge in [-0.05, 0) is 31.5 Å². The molecular formula is C28H22N6S. The minimum Gasteiger partial charge on any atom is -0.290 e. The fraction of sp³-hybridized carbons (Fsp3) is 0.0714. The van der Waals surface area contributed by atoms with Gasteiger partial charge < -0.3 is 0 Å². The van der Waals surface area contributed by atoms with Crippen LogP contribution in [0, 0.1) is 13.8 Å². The summed E-state index contributed by atoms with van der Waals surface area (Å²) in [6.45, 7) is 4.10. The number of hydrogen-bond acceptors (Lipinski definition) is 5. The highest BCUT2D eigenvalue weighted by molar-refractivity contribution is 7.18. The van der Waals surface area contributed by atoms with Crippen LogP contribution in [-0.4, -0.2) is 19.6 Å². The Bertz CT molecular complexity index is 1640. The molecule has 0 aliphatic rings. The highest BCUT2D eigenvalue weighted by atomic mass is 32.1. The summed E-state index contributed by atoms with van der Waals surface area (Å²) in [5.41, 5.74) is 7.57. The quantitative estimate of drug-likeness (QED) is 0.256. The van der Waals surface area contributed by atoms with E-state index in [4.69, 9.17) is 9.97 Å². The molecule has 0 amide bonds. The summed E-state index contributed by atoms with van der Waals surface area (Å²) < 4.78 is 1.93. The summed E-state index contributed by atoms with van der Waals surface area (Å²) in [6, 6.07) is 30.2. The predicted molar refractivity (Wildman–Crippen MR) is 142 cm³/mol. The molecule has 7 heteroatoms. The molecule has 0 atom stereocenters. The van der Waals surface area contributed by atoms with E-state index in [1.54, 1.807) is 11.3 Å². The topological polar surface area (TPSA) is 70.7 Å². The molecule has 0 aliphatic carbocycles. The summed E-state index contributed by atoms with van der Waals surface area (Å²) >= 11 is 1.62. The van der Waals surface area contributed by atoms with Crippen molar-refractivity contribution < 1.29 is 0 Å². The number of H-pyrrole nitrogens is 1. The van der Waals surface area contributed by atoms with Crippen LogP contribution in [0.5, 0.6) is 0 Å². The minimum atomic E-state index is 0.653. The molecule has 0 saturated carbocycles. The van der Waals surface area contributed by atoms with Crippen molar-refractivity contribution in [3.05, 3.63) is 102 Å². The molecule has 0 unspecified atom stereocenters. The third kappa shape index (κ3) is 3.86. The van der Waals surface area contributed by atoms with Crippen LogP contribution in [0.1, 0.15) is 11.3 Å². The van der Waals surface area contributed by atoms with Crippen molar-refractivity contribution in [3.8, 4) is 32.4 Å². The van der Waals surface area contributed by atoms with Crippen molar-refractivity contribution in [1.29, 1.82) is 0 Å². The van der Waals surface area contributed by atoms with Crippen molar-refractivity contribution in [1.82, 2.24) is 19.6 Å². The zero-order valence-electron chi connectivity index (χ0n) is 19.3. The average Bonchev–Trinajstić information content (AvgIpc) is 3.56. The van der Waals surface area contributed by atoms with Crippen LogP contribution in [0.3, 0.4) is 0 Å². The molecule has 6 nitrogen and oxygen atoms in total. The first kappa shape index (κ1) is 21.2. The molecule has 6 rings (SSSR count). The lowest BCUT2D eigenvalue weighted by Gasteiger charge is -2.01. The van der Waals surface area contributed by atoms with Gasteiger partial charge in [0.2, 0.25) is 5.82 Å². The average molecular weight is 475 g/mol. The molecule has 0 aliphatic heterocycles. The van der Waals surface area contributed by atoms with Crippen LogP contribution in [0.15, 0.2) is 101 Å². The Balaban J connectivity index is 1.54. The molecule has 0 fully saturated rings. The molecule has 170 valence electrons. The van der Waals surface area contributed by atoms with Gasteiger partial charge in [0.25, 0.3) is 0 Å². The van der Waals surface area contributed by atoms with Crippen molar-refractivity contribution >= 4 is 28.5 Å². The second kappa shape index (κ2) is 8.77. The van der Waals surface area contributed by atoms with Gasteiger partial charge in [-0.2, -0.15) is 0 Å². The molecule has 1 N–H and O–H groups in total. The van der Waals surface area contributed by atoms with Crippen molar-refractivity contribution in [3.63, 3.8) is 0 Å². The highest BCUT2D eigenvalue weighted by Gasteiger charge is 2.23. The van der Waals surface area contributed by atoms with Gasteiger partial charge in [0.15, 0.2) is 5.65 Å². The first-order valence-corrected chi connectivity index (χ1v) is 12.2. The predicted octanol–water partition coefficient (Wildman–Crippen LogP) is 8.15. The van der Waals surface area contributed by atoms with Crippen LogP contribution in [-0.2, 0) is 0 Å². The van der Waals surface area contributed by atoms with Gasteiger partial charge in [-0.3, -0.25) is 5.10 Å². The molecule has 3 aromatic heterocycles. The first-order chi connectivity index (χ1) is 17.2. The van der Waals surface area contributed by atoms with Gasteiger partial charge in [0.05, 0.1) is 22.0 Å². The number of nitrogens with one attached hydrogen (secondary N) is 1. The molecule has 35 heavy (non-hydrogen) atoms. The summed E-state index contributed by atoms with van der Waals surface area (Å²) in [5.74, 6) is 0.653. The third-order valence-corrected chi connectivity index (χ3v) is 7.11. The lowest BCUT2D eigenvalue weighted by Crippen LogP contribution is -1.86. The van der Waals surface area contributed by atoms with Gasteiger partial charge in [0, 0.05) is 11.1 Å². The highest BCUT2D eigenvalue weighted by Crippen LogP contribution is 2.41. The molecule has 6 aromatic rings. The summed E-state index contributed by atoms with van der Waals surface area (Å²) in [4.78, 5) is 10.9. The lowest BCUT2D eigenvalue weighted by atomic mass is 10.1. The van der Waals surface area contributed by atoms with E-state index >= 15 is 0 Å². The van der Waals surface area contributed by atoms with Gasteiger partial charge >= 0.3 is 0 Å². The number of azo groups is 1. The van der Waals surface area contributed by atoms with Gasteiger partial charge in [-0.25, -0.2) is 14.5 Å². The number of imidazole rings is 1. The zero-order chi connectivity index (χ0) is 23.8. The smallest absolute Gasteiger partial charge is 0.203 e. The maximum Gasteiger partial charge on any atom is 0.203 e. The van der Waals surface area contributed by atoms with E-state index in [0.29, 0.717) is 5.82 Å². The summed E-state index contributed by atoms with van der Waals surface area (Å²) in [7, 11) is 0. The molecule has 3 aromatic carbocycles. The van der Waals surface area contributed by atoms with E-state index < -0.39 is 0 Å². The number of thiazole rings is 1. The second-order valence-corrected chi connectivity index (χ2v) is 9.26. The number of benzene rings is 3. The largest absolute Gasteiger partial charge is 0.290 e. The summed E-state index contributed by atoms with van der Waals surface area (Å²) in [6.07, 6.45) is 0. The SMILES string of the molecule is Cc1nc(-c2ccccc2)sc1-c1nc2c(C)c(-c3ccccc3)[nH]n2c1N=Nc1ccccc1. The van der Waals surface area contributed by atoms with Gasteiger partial charge in [0.1, 0.15) is 10.7 Å². The fourth-order valence-electron chi connectivity index (χ4n) is 4.13. The molecule has 0 radical (unpaired) electrons. The number of aromatic amines is 1. The van der Waals surface area contributed by atoms with E-state index in [-0.39, 0.29) is 0 Å². The van der Waals surface area contributed by atoms with E-state index in [0.717, 1.165) is 55.0 Å². The Kier molecular flexibility index (Phi) is 5.31. The Morgan fingerprint density at radius 2 is 1.37 bits per heavy atom.